The number of nitrogens with zero attached hydrogens (tertiary/aromatic N) is 1. The first-order valence-electron chi connectivity index (χ1n) is 11.1. The molecule has 1 spiro atoms. The summed E-state index contributed by atoms with van der Waals surface area (Å²) in [5.74, 6) is -2.43. The second-order valence-corrected chi connectivity index (χ2v) is 11.2. The summed E-state index contributed by atoms with van der Waals surface area (Å²) in [7, 11) is -2.80. The van der Waals surface area contributed by atoms with Crippen molar-refractivity contribution < 1.29 is 41.3 Å². The Morgan fingerprint density at radius 1 is 1.21 bits per heavy atom. The Kier molecular flexibility index (Phi) is 6.78. The smallest absolute Gasteiger partial charge is 0.268 e. The molecule has 2 heterocycles. The first-order chi connectivity index (χ1) is 16.0. The molecule has 1 amide bonds. The number of carbonyl (C=O) groups is 1. The molecule has 1 aromatic carbocycles. The first-order valence-corrected chi connectivity index (χ1v) is 12.6. The monoisotopic (exact) mass is 499 g/mol. The molecule has 1 aliphatic carbocycles. The van der Waals surface area contributed by atoms with Crippen molar-refractivity contribution >= 4 is 20.8 Å². The zero-order valence-corrected chi connectivity index (χ0v) is 20.6. The number of sulfonamides is 1. The van der Waals surface area contributed by atoms with Crippen molar-refractivity contribution in [2.24, 2.45) is 0 Å². The number of halogens is 1. The van der Waals surface area contributed by atoms with Crippen molar-refractivity contribution in [2.45, 2.75) is 51.4 Å². The van der Waals surface area contributed by atoms with E-state index in [4.69, 9.17) is 23.7 Å². The van der Waals surface area contributed by atoms with Gasteiger partial charge in [-0.2, -0.15) is 0 Å². The van der Waals surface area contributed by atoms with Crippen molar-refractivity contribution in [3.05, 3.63) is 34.6 Å². The van der Waals surface area contributed by atoms with Crippen molar-refractivity contribution in [3.8, 4) is 5.75 Å². The summed E-state index contributed by atoms with van der Waals surface area (Å²) >= 11 is 0. The molecule has 0 atom stereocenters. The van der Waals surface area contributed by atoms with E-state index in [1.807, 2.05) is 0 Å². The number of fused-ring (bicyclic) bond motifs is 1. The van der Waals surface area contributed by atoms with E-state index in [0.717, 1.165) is 10.4 Å². The molecule has 0 N–H and O–H groups in total. The third-order valence-electron chi connectivity index (χ3n) is 6.02. The summed E-state index contributed by atoms with van der Waals surface area (Å²) < 4.78 is 71.2. The summed E-state index contributed by atoms with van der Waals surface area (Å²) in [6, 6.07) is 1.62. The van der Waals surface area contributed by atoms with Gasteiger partial charge in [0, 0.05) is 26.0 Å². The number of aryl methyl sites for hydroxylation is 1. The van der Waals surface area contributed by atoms with Crippen LogP contribution in [-0.4, -0.2) is 70.3 Å². The Hall–Kier alpha value is -2.05. The average Bonchev–Trinajstić information content (AvgIpc) is 3.29. The normalized spacial score (nSPS) is 21.1. The number of carbonyl (C=O) groups excluding carboxylic acids is 1. The van der Waals surface area contributed by atoms with E-state index in [9.17, 15) is 13.2 Å². The van der Waals surface area contributed by atoms with E-state index >= 15 is 4.39 Å². The molecule has 1 fully saturated rings. The third kappa shape index (κ3) is 4.47. The van der Waals surface area contributed by atoms with Gasteiger partial charge in [-0.3, -0.25) is 4.79 Å². The van der Waals surface area contributed by atoms with Crippen LogP contribution in [0.4, 0.5) is 4.39 Å². The standard InChI is InChI=1S/C23H30FNO8S/c1-22(2,3)25-19(26)12-18(34(25,27)28)20-17(31-14-30-8-7-29-4)11-15-5-6-23(32-9-10-33-23)13-16(15)21(20)24/h11-12H,5-10,13-14H2,1-4H3. The number of hydrogen-bond donors (Lipinski definition) is 0. The number of benzene rings is 1. The lowest BCUT2D eigenvalue weighted by Crippen LogP contribution is -2.45. The van der Waals surface area contributed by atoms with Crippen LogP contribution in [-0.2, 0) is 46.6 Å². The van der Waals surface area contributed by atoms with Gasteiger partial charge in [-0.1, -0.05) is 0 Å². The lowest BCUT2D eigenvalue weighted by Gasteiger charge is -2.34. The van der Waals surface area contributed by atoms with Gasteiger partial charge in [0.2, 0.25) is 0 Å². The number of hydrogen-bond acceptors (Lipinski definition) is 8. The van der Waals surface area contributed by atoms with Crippen LogP contribution in [0.3, 0.4) is 0 Å². The maximum atomic E-state index is 16.1. The highest BCUT2D eigenvalue weighted by Gasteiger charge is 2.48. The SMILES string of the molecule is COCCOCOc1cc2c(c(F)c1C1=CC(=O)N(C(C)(C)C)S1(=O)=O)CC1(CC2)OCCO1. The van der Waals surface area contributed by atoms with E-state index < -0.39 is 38.0 Å². The van der Waals surface area contributed by atoms with Gasteiger partial charge in [0.05, 0.1) is 37.5 Å². The van der Waals surface area contributed by atoms with Gasteiger partial charge in [-0.05, 0) is 44.4 Å². The van der Waals surface area contributed by atoms with Crippen LogP contribution in [0.25, 0.3) is 4.91 Å². The molecule has 0 radical (unpaired) electrons. The molecule has 9 nitrogen and oxygen atoms in total. The van der Waals surface area contributed by atoms with Gasteiger partial charge in [-0.15, -0.1) is 0 Å². The minimum atomic E-state index is -4.32. The van der Waals surface area contributed by atoms with Crippen molar-refractivity contribution in [2.75, 3.05) is 40.3 Å². The van der Waals surface area contributed by atoms with Crippen molar-refractivity contribution in [3.63, 3.8) is 0 Å². The largest absolute Gasteiger partial charge is 0.467 e. The van der Waals surface area contributed by atoms with Gasteiger partial charge in [0.25, 0.3) is 15.9 Å². The predicted octanol–water partition coefficient (Wildman–Crippen LogP) is 2.37. The minimum Gasteiger partial charge on any atom is -0.467 e. The van der Waals surface area contributed by atoms with Gasteiger partial charge in [0.15, 0.2) is 12.6 Å². The number of methoxy groups -OCH3 is 1. The molecule has 3 aliphatic rings. The van der Waals surface area contributed by atoms with Gasteiger partial charge >= 0.3 is 0 Å². The fraction of sp³-hybridized carbons (Fsp3) is 0.609. The molecule has 34 heavy (non-hydrogen) atoms. The lowest BCUT2D eigenvalue weighted by atomic mass is 9.85. The molecule has 2 aliphatic heterocycles. The number of amides is 1. The van der Waals surface area contributed by atoms with Gasteiger partial charge in [0.1, 0.15) is 16.5 Å². The minimum absolute atomic E-state index is 0.00346. The summed E-state index contributed by atoms with van der Waals surface area (Å²) in [5.41, 5.74) is -0.343. The second kappa shape index (κ2) is 9.19. The first kappa shape index (κ1) is 25.1. The third-order valence-corrected chi connectivity index (χ3v) is 8.10. The molecule has 1 aromatic rings. The van der Waals surface area contributed by atoms with Crippen LogP contribution >= 0.6 is 0 Å². The fourth-order valence-corrected chi connectivity index (χ4v) is 6.47. The Bertz CT molecular complexity index is 1100. The van der Waals surface area contributed by atoms with E-state index in [-0.39, 0.29) is 31.1 Å². The van der Waals surface area contributed by atoms with E-state index in [1.165, 1.54) is 7.11 Å². The zero-order valence-electron chi connectivity index (χ0n) is 19.8. The topological polar surface area (TPSA) is 101 Å². The number of rotatable bonds is 7. The molecular weight excluding hydrogens is 469 g/mol. The Balaban J connectivity index is 1.78. The highest BCUT2D eigenvalue weighted by molar-refractivity contribution is 7.99. The molecule has 0 unspecified atom stereocenters. The maximum Gasteiger partial charge on any atom is 0.268 e. The molecule has 4 rings (SSSR count). The molecular formula is C23H30FNO8S. The molecule has 0 saturated carbocycles. The van der Waals surface area contributed by atoms with E-state index in [1.54, 1.807) is 26.8 Å². The molecule has 11 heteroatoms. The van der Waals surface area contributed by atoms with Crippen molar-refractivity contribution in [1.82, 2.24) is 4.31 Å². The summed E-state index contributed by atoms with van der Waals surface area (Å²) in [6.07, 6.45) is 2.09. The molecule has 188 valence electrons. The molecule has 1 saturated heterocycles. The van der Waals surface area contributed by atoms with E-state index in [2.05, 4.69) is 0 Å². The summed E-state index contributed by atoms with van der Waals surface area (Å²) in [5, 5.41) is 0. The lowest BCUT2D eigenvalue weighted by molar-refractivity contribution is -0.164. The van der Waals surface area contributed by atoms with Crippen LogP contribution in [0, 0.1) is 5.82 Å². The summed E-state index contributed by atoms with van der Waals surface area (Å²) in [6.45, 7) is 5.97. The highest BCUT2D eigenvalue weighted by Crippen LogP contribution is 2.45. The maximum absolute atomic E-state index is 16.1. The predicted molar refractivity (Wildman–Crippen MR) is 120 cm³/mol. The number of ether oxygens (including phenoxy) is 5. The van der Waals surface area contributed by atoms with Crippen LogP contribution in [0.5, 0.6) is 5.75 Å². The second-order valence-electron chi connectivity index (χ2n) is 9.44. The van der Waals surface area contributed by atoms with E-state index in [0.29, 0.717) is 43.8 Å². The Labute approximate surface area is 198 Å². The fourth-order valence-electron chi connectivity index (χ4n) is 4.56. The van der Waals surface area contributed by atoms with Crippen molar-refractivity contribution in [1.29, 1.82) is 0 Å². The summed E-state index contributed by atoms with van der Waals surface area (Å²) in [4.78, 5) is 12.3. The van der Waals surface area contributed by atoms with Crippen LogP contribution in [0.2, 0.25) is 0 Å². The van der Waals surface area contributed by atoms with Gasteiger partial charge in [-0.25, -0.2) is 17.1 Å². The quantitative estimate of drug-likeness (QED) is 0.416. The highest BCUT2D eigenvalue weighted by atomic mass is 32.2. The Morgan fingerprint density at radius 3 is 2.53 bits per heavy atom. The van der Waals surface area contributed by atoms with Crippen LogP contribution in [0.1, 0.15) is 43.9 Å². The Morgan fingerprint density at radius 2 is 1.91 bits per heavy atom. The van der Waals surface area contributed by atoms with Gasteiger partial charge < -0.3 is 23.7 Å². The van der Waals surface area contributed by atoms with Crippen LogP contribution < -0.4 is 4.74 Å². The molecule has 0 bridgehead atoms. The zero-order chi connectivity index (χ0) is 24.7. The molecule has 0 aromatic heterocycles. The van der Waals surface area contributed by atoms with Crippen LogP contribution in [0.15, 0.2) is 12.1 Å². The average molecular weight is 500 g/mol.